The first kappa shape index (κ1) is 27.6. The average molecular weight is 587 g/mol. The first-order chi connectivity index (χ1) is 20.3. The zero-order chi connectivity index (χ0) is 29.0. The lowest BCUT2D eigenvalue weighted by Crippen LogP contribution is -2.44. The summed E-state index contributed by atoms with van der Waals surface area (Å²) < 4.78 is 12.3. The highest BCUT2D eigenvalue weighted by Gasteiger charge is 2.46. The predicted octanol–water partition coefficient (Wildman–Crippen LogP) is 6.69. The molecule has 2 aromatic carbocycles. The topological polar surface area (TPSA) is 89.0 Å². The number of rotatable bonds is 8. The number of Topliss-reactive ketones (excluding diaryl/α,β-unsaturated/α-hetero) is 1. The lowest BCUT2D eigenvalue weighted by atomic mass is 9.85. The molecule has 4 heterocycles. The van der Waals surface area contributed by atoms with Crippen LogP contribution in [0.15, 0.2) is 41.8 Å². The van der Waals surface area contributed by atoms with Crippen molar-refractivity contribution in [2.75, 3.05) is 18.0 Å². The molecule has 0 spiro atoms. The van der Waals surface area contributed by atoms with Gasteiger partial charge in [-0.05, 0) is 93.5 Å². The molecule has 1 saturated carbocycles. The fourth-order valence-electron chi connectivity index (χ4n) is 7.76. The third kappa shape index (κ3) is 5.24. The van der Waals surface area contributed by atoms with Crippen LogP contribution in [0.1, 0.15) is 65.6 Å². The van der Waals surface area contributed by atoms with Crippen LogP contribution in [0.5, 0.6) is 5.75 Å². The van der Waals surface area contributed by atoms with Gasteiger partial charge in [0.2, 0.25) is 0 Å². The molecule has 8 heteroatoms. The summed E-state index contributed by atoms with van der Waals surface area (Å²) in [5, 5.41) is 12.7. The normalized spacial score (nSPS) is 28.2. The van der Waals surface area contributed by atoms with E-state index in [-0.39, 0.29) is 41.7 Å². The molecule has 3 saturated heterocycles. The number of aryl methyl sites for hydroxylation is 2. The van der Waals surface area contributed by atoms with E-state index in [0.29, 0.717) is 6.61 Å². The van der Waals surface area contributed by atoms with Gasteiger partial charge in [0.05, 0.1) is 23.8 Å². The van der Waals surface area contributed by atoms with Crippen molar-refractivity contribution in [1.29, 1.82) is 0 Å². The maximum absolute atomic E-state index is 13.3. The summed E-state index contributed by atoms with van der Waals surface area (Å²) in [6.45, 7) is 6.03. The van der Waals surface area contributed by atoms with Crippen LogP contribution >= 0.6 is 11.3 Å². The number of benzene rings is 2. The Morgan fingerprint density at radius 3 is 2.45 bits per heavy atom. The van der Waals surface area contributed by atoms with Crippen LogP contribution in [0.25, 0.3) is 11.3 Å². The smallest absolute Gasteiger partial charge is 0.307 e. The number of anilines is 1. The minimum atomic E-state index is -0.647. The summed E-state index contributed by atoms with van der Waals surface area (Å²) >= 11 is 1.62. The van der Waals surface area contributed by atoms with E-state index in [1.807, 2.05) is 31.2 Å². The van der Waals surface area contributed by atoms with Crippen molar-refractivity contribution in [2.24, 2.45) is 23.7 Å². The van der Waals surface area contributed by atoms with Gasteiger partial charge in [0.1, 0.15) is 12.4 Å². The minimum Gasteiger partial charge on any atom is -0.488 e. The maximum atomic E-state index is 13.3. The summed E-state index contributed by atoms with van der Waals surface area (Å²) in [5.41, 5.74) is 5.87. The average Bonchev–Trinajstić information content (AvgIpc) is 3.68. The standard InChI is InChI=1S/C34H38N2O5S/c1-19-3-10-30(28(11-19)29-18-42-34(35-29)36-15-22-5-6-23(16-36)31(22)33(38)39)40-17-24-7-4-21(12-20(24)2)32(37)25-13-26-8-9-27(14-25)41-26/h3-4,7,10-12,18,22-23,25-27,31H,5-6,8-9,13-17H2,1-2H3,(H,38,39)/t22-,23+,25?,26-,27+,31?. The minimum absolute atomic E-state index is 0.0644. The van der Waals surface area contributed by atoms with E-state index in [0.717, 1.165) is 96.0 Å². The van der Waals surface area contributed by atoms with Crippen molar-refractivity contribution in [2.45, 2.75) is 71.2 Å². The van der Waals surface area contributed by atoms with Crippen molar-refractivity contribution < 1.29 is 24.2 Å². The fourth-order valence-corrected chi connectivity index (χ4v) is 8.61. The summed E-state index contributed by atoms with van der Waals surface area (Å²) in [5.74, 6) is 0.613. The lowest BCUT2D eigenvalue weighted by Gasteiger charge is -2.35. The van der Waals surface area contributed by atoms with Crippen LogP contribution in [0.2, 0.25) is 0 Å². The molecule has 0 radical (unpaired) electrons. The van der Waals surface area contributed by atoms with Gasteiger partial charge in [-0.1, -0.05) is 23.8 Å². The second-order valence-electron chi connectivity index (χ2n) is 12.8. The molecule has 1 aliphatic carbocycles. The number of hydrogen-bond acceptors (Lipinski definition) is 7. The first-order valence-corrected chi connectivity index (χ1v) is 16.2. The summed E-state index contributed by atoms with van der Waals surface area (Å²) in [6, 6.07) is 12.2. The highest BCUT2D eigenvalue weighted by atomic mass is 32.1. The Bertz CT molecular complexity index is 1490. The number of carboxylic acid groups (broad SMARTS) is 1. The van der Waals surface area contributed by atoms with E-state index in [4.69, 9.17) is 14.5 Å². The number of carbonyl (C=O) groups excluding carboxylic acids is 1. The number of ketones is 1. The van der Waals surface area contributed by atoms with E-state index in [1.165, 1.54) is 0 Å². The zero-order valence-corrected chi connectivity index (χ0v) is 25.1. The number of piperidine rings is 1. The molecule has 4 bridgehead atoms. The van der Waals surface area contributed by atoms with Gasteiger partial charge < -0.3 is 19.5 Å². The van der Waals surface area contributed by atoms with Crippen LogP contribution in [0.3, 0.4) is 0 Å². The highest BCUT2D eigenvalue weighted by molar-refractivity contribution is 7.14. The van der Waals surface area contributed by atoms with Crippen LogP contribution in [-0.2, 0) is 16.1 Å². The van der Waals surface area contributed by atoms with E-state index in [2.05, 4.69) is 29.3 Å². The third-order valence-electron chi connectivity index (χ3n) is 9.96. The second-order valence-corrected chi connectivity index (χ2v) is 13.6. The zero-order valence-electron chi connectivity index (χ0n) is 24.3. The predicted molar refractivity (Wildman–Crippen MR) is 162 cm³/mol. The van der Waals surface area contributed by atoms with E-state index < -0.39 is 5.97 Å². The van der Waals surface area contributed by atoms with Crippen LogP contribution in [-0.4, -0.2) is 47.1 Å². The van der Waals surface area contributed by atoms with Crippen LogP contribution < -0.4 is 9.64 Å². The van der Waals surface area contributed by atoms with Gasteiger partial charge in [-0.2, -0.15) is 0 Å². The second kappa shape index (κ2) is 11.1. The monoisotopic (exact) mass is 586 g/mol. The molecule has 4 fully saturated rings. The number of hydrogen-bond donors (Lipinski definition) is 1. The number of carboxylic acids is 1. The molecular formula is C34H38N2O5S. The van der Waals surface area contributed by atoms with E-state index in [9.17, 15) is 14.7 Å². The Balaban J connectivity index is 1.05. The Morgan fingerprint density at radius 2 is 1.76 bits per heavy atom. The van der Waals surface area contributed by atoms with Gasteiger partial charge in [-0.15, -0.1) is 11.3 Å². The van der Waals surface area contributed by atoms with Gasteiger partial charge in [0.15, 0.2) is 10.9 Å². The number of carbonyl (C=O) groups is 2. The maximum Gasteiger partial charge on any atom is 0.307 e. The first-order valence-electron chi connectivity index (χ1n) is 15.3. The van der Waals surface area contributed by atoms with Gasteiger partial charge in [-0.25, -0.2) is 4.98 Å². The summed E-state index contributed by atoms with van der Waals surface area (Å²) in [6.07, 6.45) is 6.32. The van der Waals surface area contributed by atoms with Crippen molar-refractivity contribution in [3.05, 3.63) is 64.0 Å². The quantitative estimate of drug-likeness (QED) is 0.294. The number of aromatic nitrogens is 1. The summed E-state index contributed by atoms with van der Waals surface area (Å²) in [4.78, 5) is 32.3. The Kier molecular flexibility index (Phi) is 7.31. The molecule has 1 aromatic heterocycles. The van der Waals surface area contributed by atoms with Gasteiger partial charge in [-0.3, -0.25) is 9.59 Å². The van der Waals surface area contributed by atoms with Gasteiger partial charge >= 0.3 is 5.97 Å². The van der Waals surface area contributed by atoms with Crippen LogP contribution in [0, 0.1) is 37.5 Å². The Labute approximate surface area is 250 Å². The number of thiazole rings is 1. The molecule has 3 aliphatic heterocycles. The fraction of sp³-hybridized carbons (Fsp3) is 0.500. The molecule has 220 valence electrons. The molecule has 7 nitrogen and oxygen atoms in total. The number of fused-ring (bicyclic) bond motifs is 4. The van der Waals surface area contributed by atoms with E-state index in [1.54, 1.807) is 11.3 Å². The number of nitrogens with zero attached hydrogens (tertiary/aromatic N) is 2. The van der Waals surface area contributed by atoms with Gasteiger partial charge in [0.25, 0.3) is 0 Å². The SMILES string of the molecule is Cc1ccc(OCc2ccc(C(=O)C3C[C@H]4CC[C@@H](C3)O4)cc2C)c(-c2csc(N3C[C@H]4CC[C@@H](C3)C4C(=O)O)n2)c1. The molecule has 0 amide bonds. The van der Waals surface area contributed by atoms with Crippen molar-refractivity contribution in [3.8, 4) is 17.0 Å². The van der Waals surface area contributed by atoms with Crippen molar-refractivity contribution >= 4 is 28.2 Å². The molecule has 3 aromatic rings. The highest BCUT2D eigenvalue weighted by Crippen LogP contribution is 2.44. The van der Waals surface area contributed by atoms with Gasteiger partial charge in [0, 0.05) is 35.5 Å². The largest absolute Gasteiger partial charge is 0.488 e. The van der Waals surface area contributed by atoms with Crippen LogP contribution in [0.4, 0.5) is 5.13 Å². The molecule has 2 unspecified atom stereocenters. The molecule has 6 atom stereocenters. The van der Waals surface area contributed by atoms with Crippen molar-refractivity contribution in [1.82, 2.24) is 4.98 Å². The molecular weight excluding hydrogens is 548 g/mol. The Hall–Kier alpha value is -3.23. The van der Waals surface area contributed by atoms with E-state index >= 15 is 0 Å². The van der Waals surface area contributed by atoms with Crippen molar-refractivity contribution in [3.63, 3.8) is 0 Å². The molecule has 1 N–H and O–H groups in total. The molecule has 4 aliphatic rings. The molecule has 42 heavy (non-hydrogen) atoms. The molecule has 7 rings (SSSR count). The summed E-state index contributed by atoms with van der Waals surface area (Å²) in [7, 11) is 0. The lowest BCUT2D eigenvalue weighted by molar-refractivity contribution is -0.144. The number of ether oxygens (including phenoxy) is 2. The Morgan fingerprint density at radius 1 is 1.02 bits per heavy atom. The number of aliphatic carboxylic acids is 1. The third-order valence-corrected chi connectivity index (χ3v) is 10.9.